The van der Waals surface area contributed by atoms with E-state index in [0.29, 0.717) is 11.1 Å². The number of likely N-dealkylation sites (tertiary alicyclic amines) is 1. The van der Waals surface area contributed by atoms with E-state index in [1.165, 1.54) is 5.69 Å². The first kappa shape index (κ1) is 24.2. The Morgan fingerprint density at radius 1 is 1.00 bits per heavy atom. The van der Waals surface area contributed by atoms with Crippen molar-refractivity contribution in [3.8, 4) is 11.4 Å². The molecule has 0 amide bonds. The third kappa shape index (κ3) is 5.30. The minimum absolute atomic E-state index is 0.394. The molecule has 3 N–H and O–H groups in total. The summed E-state index contributed by atoms with van der Waals surface area (Å²) in [7, 11) is 0. The van der Waals surface area contributed by atoms with Gasteiger partial charge in [-0.15, -0.1) is 0 Å². The van der Waals surface area contributed by atoms with Crippen LogP contribution in [0.25, 0.3) is 22.6 Å². The smallest absolute Gasteiger partial charge is 0.159 e. The molecule has 0 saturated carbocycles. The fourth-order valence-corrected chi connectivity index (χ4v) is 5.60. The second kappa shape index (κ2) is 10.7. The molecule has 0 atom stereocenters. The molecule has 0 spiro atoms. The summed E-state index contributed by atoms with van der Waals surface area (Å²) in [6.45, 7) is 10.5. The highest BCUT2D eigenvalue weighted by atomic mass is 35.5. The zero-order valence-corrected chi connectivity index (χ0v) is 22.0. The lowest BCUT2D eigenvalue weighted by Crippen LogP contribution is -2.46. The van der Waals surface area contributed by atoms with E-state index in [-0.39, 0.29) is 0 Å². The Hall–Kier alpha value is -3.14. The van der Waals surface area contributed by atoms with E-state index in [2.05, 4.69) is 71.1 Å². The van der Waals surface area contributed by atoms with E-state index < -0.39 is 0 Å². The maximum Gasteiger partial charge on any atom is 0.159 e. The molecule has 1 aromatic carbocycles. The Balaban J connectivity index is 1.13. The van der Waals surface area contributed by atoms with Gasteiger partial charge in [0.25, 0.3) is 0 Å². The lowest BCUT2D eigenvalue weighted by Gasteiger charge is -2.35. The first-order valence-electron chi connectivity index (χ1n) is 13.2. The zero-order valence-electron chi connectivity index (χ0n) is 21.3. The Morgan fingerprint density at radius 2 is 1.78 bits per heavy atom. The number of pyridine rings is 1. The molecule has 6 rings (SSSR count). The van der Waals surface area contributed by atoms with E-state index in [9.17, 15) is 0 Å². The molecule has 3 aromatic heterocycles. The number of hydrogen-bond donors (Lipinski definition) is 3. The van der Waals surface area contributed by atoms with Crippen LogP contribution in [0.2, 0.25) is 5.02 Å². The van der Waals surface area contributed by atoms with E-state index in [1.807, 2.05) is 6.20 Å². The summed E-state index contributed by atoms with van der Waals surface area (Å²) in [6, 6.07) is 9.04. The molecule has 2 aliphatic rings. The SMILES string of the molecule is CCN1CCC(Nc2c(Cl)cnc3[nH]c(-c4ccc(N5CCN(Cc6c[nH]cn6)CC5)cc4)nc23)CC1. The third-order valence-electron chi connectivity index (χ3n) is 7.67. The molecule has 2 aliphatic heterocycles. The number of halogens is 1. The minimum atomic E-state index is 0.394. The molecule has 10 heteroatoms. The number of aromatic nitrogens is 5. The summed E-state index contributed by atoms with van der Waals surface area (Å²) in [5, 5.41) is 4.29. The van der Waals surface area contributed by atoms with Crippen LogP contribution in [0, 0.1) is 0 Å². The van der Waals surface area contributed by atoms with Crippen LogP contribution in [0.4, 0.5) is 11.4 Å². The summed E-state index contributed by atoms with van der Waals surface area (Å²) in [5.74, 6) is 0.809. The van der Waals surface area contributed by atoms with Gasteiger partial charge < -0.3 is 25.1 Å². The second-order valence-corrected chi connectivity index (χ2v) is 10.4. The molecular weight excluding hydrogens is 486 g/mol. The standard InChI is InChI=1S/C27H34ClN9/c1-2-35-9-7-20(8-10-35)32-24-23(28)16-30-27-25(24)33-26(34-27)19-3-5-22(6-4-19)37-13-11-36(12-14-37)17-21-15-29-18-31-21/h3-6,15-16,18,20H,2,7-14,17H2,1H3,(H,29,31)(H2,30,32,33,34). The van der Waals surface area contributed by atoms with Gasteiger partial charge in [-0.1, -0.05) is 18.5 Å². The van der Waals surface area contributed by atoms with Crippen LogP contribution in [0.15, 0.2) is 43.0 Å². The molecule has 37 heavy (non-hydrogen) atoms. The van der Waals surface area contributed by atoms with Crippen molar-refractivity contribution in [1.29, 1.82) is 0 Å². The summed E-state index contributed by atoms with van der Waals surface area (Å²) in [6.07, 6.45) is 7.63. The normalized spacial score (nSPS) is 18.1. The summed E-state index contributed by atoms with van der Waals surface area (Å²) < 4.78 is 0. The number of nitrogens with zero attached hydrogens (tertiary/aromatic N) is 6. The molecule has 4 aromatic rings. The largest absolute Gasteiger partial charge is 0.379 e. The number of piperazine rings is 1. The van der Waals surface area contributed by atoms with Crippen molar-refractivity contribution in [1.82, 2.24) is 34.7 Å². The summed E-state index contributed by atoms with van der Waals surface area (Å²) in [5.41, 5.74) is 5.81. The number of benzene rings is 1. The number of anilines is 2. The minimum Gasteiger partial charge on any atom is -0.379 e. The lowest BCUT2D eigenvalue weighted by molar-refractivity contribution is 0.229. The first-order valence-corrected chi connectivity index (χ1v) is 13.6. The number of aromatic amines is 2. The molecule has 0 unspecified atom stereocenters. The average molecular weight is 520 g/mol. The highest BCUT2D eigenvalue weighted by Gasteiger charge is 2.22. The predicted octanol–water partition coefficient (Wildman–Crippen LogP) is 4.22. The van der Waals surface area contributed by atoms with Crippen molar-refractivity contribution in [3.63, 3.8) is 0 Å². The zero-order chi connectivity index (χ0) is 25.2. The molecule has 2 fully saturated rings. The summed E-state index contributed by atoms with van der Waals surface area (Å²) in [4.78, 5) is 27.6. The monoisotopic (exact) mass is 519 g/mol. The molecule has 5 heterocycles. The van der Waals surface area contributed by atoms with E-state index in [1.54, 1.807) is 12.5 Å². The van der Waals surface area contributed by atoms with E-state index >= 15 is 0 Å². The maximum atomic E-state index is 6.59. The Morgan fingerprint density at radius 3 is 2.49 bits per heavy atom. The van der Waals surface area contributed by atoms with Crippen LogP contribution >= 0.6 is 11.6 Å². The van der Waals surface area contributed by atoms with E-state index in [4.69, 9.17) is 16.6 Å². The van der Waals surface area contributed by atoms with Gasteiger partial charge in [0.05, 0.1) is 28.9 Å². The van der Waals surface area contributed by atoms with Crippen molar-refractivity contribution >= 4 is 34.1 Å². The molecule has 0 radical (unpaired) electrons. The number of fused-ring (bicyclic) bond motifs is 1. The number of hydrogen-bond acceptors (Lipinski definition) is 7. The quantitative estimate of drug-likeness (QED) is 0.336. The highest BCUT2D eigenvalue weighted by Crippen LogP contribution is 2.32. The van der Waals surface area contributed by atoms with Gasteiger partial charge in [-0.2, -0.15) is 0 Å². The average Bonchev–Trinajstić information content (AvgIpc) is 3.62. The van der Waals surface area contributed by atoms with Crippen LogP contribution in [-0.2, 0) is 6.54 Å². The van der Waals surface area contributed by atoms with Crippen LogP contribution in [0.3, 0.4) is 0 Å². The van der Waals surface area contributed by atoms with Gasteiger partial charge in [0, 0.05) is 69.3 Å². The number of piperidine rings is 1. The molecule has 194 valence electrons. The molecule has 0 bridgehead atoms. The van der Waals surface area contributed by atoms with Crippen LogP contribution in [0.1, 0.15) is 25.5 Å². The fraction of sp³-hybridized carbons (Fsp3) is 0.444. The molecule has 2 saturated heterocycles. The van der Waals surface area contributed by atoms with E-state index in [0.717, 1.165) is 99.1 Å². The first-order chi connectivity index (χ1) is 18.2. The van der Waals surface area contributed by atoms with Gasteiger partial charge in [0.15, 0.2) is 5.65 Å². The Labute approximate surface area is 222 Å². The second-order valence-electron chi connectivity index (χ2n) is 9.99. The summed E-state index contributed by atoms with van der Waals surface area (Å²) >= 11 is 6.59. The molecular formula is C27H34ClN9. The number of imidazole rings is 2. The topological polar surface area (TPSA) is 92.0 Å². The molecule has 9 nitrogen and oxygen atoms in total. The van der Waals surface area contributed by atoms with Gasteiger partial charge in [0.2, 0.25) is 0 Å². The lowest BCUT2D eigenvalue weighted by atomic mass is 10.0. The number of H-pyrrole nitrogens is 2. The fourth-order valence-electron chi connectivity index (χ4n) is 5.40. The van der Waals surface area contributed by atoms with Crippen LogP contribution in [0.5, 0.6) is 0 Å². The van der Waals surface area contributed by atoms with Gasteiger partial charge in [-0.3, -0.25) is 4.90 Å². The van der Waals surface area contributed by atoms with Crippen molar-refractivity contribution in [2.24, 2.45) is 0 Å². The van der Waals surface area contributed by atoms with Crippen molar-refractivity contribution in [2.75, 3.05) is 56.0 Å². The van der Waals surface area contributed by atoms with Gasteiger partial charge in [-0.25, -0.2) is 15.0 Å². The third-order valence-corrected chi connectivity index (χ3v) is 7.96. The molecule has 0 aliphatic carbocycles. The van der Waals surface area contributed by atoms with Crippen molar-refractivity contribution in [3.05, 3.63) is 53.7 Å². The van der Waals surface area contributed by atoms with Crippen LogP contribution in [-0.4, -0.2) is 86.6 Å². The van der Waals surface area contributed by atoms with Crippen molar-refractivity contribution < 1.29 is 0 Å². The van der Waals surface area contributed by atoms with Gasteiger partial charge >= 0.3 is 0 Å². The number of rotatable bonds is 7. The number of nitrogens with one attached hydrogen (secondary N) is 3. The van der Waals surface area contributed by atoms with Crippen LogP contribution < -0.4 is 10.2 Å². The Bertz CT molecular complexity index is 1300. The van der Waals surface area contributed by atoms with Gasteiger partial charge in [0.1, 0.15) is 11.3 Å². The predicted molar refractivity (Wildman–Crippen MR) is 149 cm³/mol. The maximum absolute atomic E-state index is 6.59. The highest BCUT2D eigenvalue weighted by molar-refractivity contribution is 6.34. The van der Waals surface area contributed by atoms with Gasteiger partial charge in [-0.05, 0) is 43.7 Å². The Kier molecular flexibility index (Phi) is 6.99. The van der Waals surface area contributed by atoms with Crippen molar-refractivity contribution in [2.45, 2.75) is 32.4 Å².